The topological polar surface area (TPSA) is 106 Å². The molecule has 18 heavy (non-hydrogen) atoms. The van der Waals surface area contributed by atoms with E-state index in [2.05, 4.69) is 4.98 Å². The van der Waals surface area contributed by atoms with Gasteiger partial charge in [0.1, 0.15) is 9.61 Å². The quantitative estimate of drug-likeness (QED) is 0.400. The van der Waals surface area contributed by atoms with Gasteiger partial charge in [0.05, 0.1) is 10.6 Å². The molecule has 6 nitrogen and oxygen atoms in total. The van der Waals surface area contributed by atoms with Crippen molar-refractivity contribution in [1.29, 1.82) is 5.26 Å². The van der Waals surface area contributed by atoms with E-state index < -0.39 is 4.92 Å². The Morgan fingerprint density at radius 3 is 3.00 bits per heavy atom. The molecule has 1 aromatic heterocycles. The molecule has 2 N–H and O–H groups in total. The average molecular weight is 278 g/mol. The molecule has 0 aliphatic heterocycles. The molecule has 1 aromatic carbocycles. The van der Waals surface area contributed by atoms with Crippen LogP contribution in [0.25, 0.3) is 11.3 Å². The van der Waals surface area contributed by atoms with Crippen LogP contribution in [0.15, 0.2) is 28.5 Å². The summed E-state index contributed by atoms with van der Waals surface area (Å²) in [4.78, 5) is 14.3. The molecular weight excluding hydrogens is 272 g/mol. The Morgan fingerprint density at radius 1 is 1.56 bits per heavy atom. The summed E-state index contributed by atoms with van der Waals surface area (Å²) in [6, 6.07) is 6.08. The number of non-ortho nitro benzene ring substituents is 1. The third-order valence-electron chi connectivity index (χ3n) is 2.08. The van der Waals surface area contributed by atoms with Crippen molar-refractivity contribution in [2.75, 3.05) is 5.73 Å². The highest BCUT2D eigenvalue weighted by Crippen LogP contribution is 2.37. The van der Waals surface area contributed by atoms with Crippen molar-refractivity contribution in [3.63, 3.8) is 0 Å². The van der Waals surface area contributed by atoms with Crippen molar-refractivity contribution in [2.24, 2.45) is 0 Å². The second kappa shape index (κ2) is 5.03. The van der Waals surface area contributed by atoms with Gasteiger partial charge in [-0.15, -0.1) is 0 Å². The summed E-state index contributed by atoms with van der Waals surface area (Å²) in [6.45, 7) is 0. The number of nitriles is 1. The second-order valence-corrected chi connectivity index (χ2v) is 5.27. The van der Waals surface area contributed by atoms with E-state index in [0.717, 1.165) is 11.8 Å². The minimum absolute atomic E-state index is 0.0213. The summed E-state index contributed by atoms with van der Waals surface area (Å²) in [6.07, 6.45) is 0. The molecule has 0 aliphatic carbocycles. The van der Waals surface area contributed by atoms with Crippen LogP contribution < -0.4 is 5.73 Å². The van der Waals surface area contributed by atoms with Gasteiger partial charge in [-0.2, -0.15) is 5.26 Å². The molecule has 0 unspecified atom stereocenters. The molecule has 0 atom stereocenters. The van der Waals surface area contributed by atoms with E-state index in [1.54, 1.807) is 12.1 Å². The lowest BCUT2D eigenvalue weighted by atomic mass is 10.1. The molecular formula is C10H6N4O2S2. The fourth-order valence-corrected chi connectivity index (χ4v) is 2.85. The Morgan fingerprint density at radius 2 is 2.33 bits per heavy atom. The molecule has 1 heterocycles. The number of aromatic nitrogens is 1. The number of anilines is 1. The molecule has 0 saturated carbocycles. The number of benzene rings is 1. The third-order valence-corrected chi connectivity index (χ3v) is 3.73. The van der Waals surface area contributed by atoms with Gasteiger partial charge in [0.2, 0.25) is 0 Å². The number of thiocyanates is 1. The molecule has 2 rings (SSSR count). The standard InChI is InChI=1S/C10H6N4O2S2/c11-5-17-9-8(13-10(12)18-9)6-2-1-3-7(4-6)14(15)16/h1-4H,(H2,12,13). The maximum absolute atomic E-state index is 10.7. The van der Waals surface area contributed by atoms with Crippen molar-refractivity contribution in [3.05, 3.63) is 34.4 Å². The van der Waals surface area contributed by atoms with Gasteiger partial charge in [0.15, 0.2) is 5.13 Å². The van der Waals surface area contributed by atoms with Gasteiger partial charge in [0.25, 0.3) is 5.69 Å². The number of nitrogens with zero attached hydrogens (tertiary/aromatic N) is 3. The van der Waals surface area contributed by atoms with Gasteiger partial charge >= 0.3 is 0 Å². The monoisotopic (exact) mass is 278 g/mol. The molecule has 0 amide bonds. The van der Waals surface area contributed by atoms with E-state index in [1.807, 2.05) is 5.40 Å². The van der Waals surface area contributed by atoms with E-state index in [-0.39, 0.29) is 5.69 Å². The molecule has 2 aromatic rings. The number of hydrogen-bond donors (Lipinski definition) is 1. The van der Waals surface area contributed by atoms with Gasteiger partial charge in [-0.3, -0.25) is 10.1 Å². The Bertz CT molecular complexity index is 648. The second-order valence-electron chi connectivity index (χ2n) is 3.19. The van der Waals surface area contributed by atoms with Crippen LogP contribution in [0.5, 0.6) is 0 Å². The summed E-state index contributed by atoms with van der Waals surface area (Å²) < 4.78 is 0.635. The number of nitro groups is 1. The first kappa shape index (κ1) is 12.3. The van der Waals surface area contributed by atoms with Crippen molar-refractivity contribution in [3.8, 4) is 16.7 Å². The van der Waals surface area contributed by atoms with Crippen molar-refractivity contribution in [2.45, 2.75) is 4.21 Å². The molecule has 0 aliphatic rings. The van der Waals surface area contributed by atoms with E-state index in [4.69, 9.17) is 11.0 Å². The number of nitrogen functional groups attached to an aromatic ring is 1. The van der Waals surface area contributed by atoms with Gasteiger partial charge in [-0.25, -0.2) is 4.98 Å². The maximum atomic E-state index is 10.7. The maximum Gasteiger partial charge on any atom is 0.270 e. The van der Waals surface area contributed by atoms with Gasteiger partial charge in [-0.1, -0.05) is 23.5 Å². The SMILES string of the molecule is N#CSc1sc(N)nc1-c1cccc([N+](=O)[O-])c1. The van der Waals surface area contributed by atoms with E-state index in [9.17, 15) is 10.1 Å². The molecule has 0 fully saturated rings. The van der Waals surface area contributed by atoms with Crippen LogP contribution >= 0.6 is 23.1 Å². The van der Waals surface area contributed by atoms with Crippen LogP contribution in [0.2, 0.25) is 0 Å². The number of hydrogen-bond acceptors (Lipinski definition) is 7. The van der Waals surface area contributed by atoms with Crippen LogP contribution in [0.4, 0.5) is 10.8 Å². The van der Waals surface area contributed by atoms with E-state index in [0.29, 0.717) is 20.6 Å². The first-order valence-corrected chi connectivity index (χ1v) is 6.32. The summed E-state index contributed by atoms with van der Waals surface area (Å²) in [5.41, 5.74) is 6.66. The van der Waals surface area contributed by atoms with Crippen molar-refractivity contribution in [1.82, 2.24) is 4.98 Å². The number of thioether (sulfide) groups is 1. The fraction of sp³-hybridized carbons (Fsp3) is 0. The number of nitrogens with two attached hydrogens (primary N) is 1. The Hall–Kier alpha value is -2.11. The molecule has 0 bridgehead atoms. The average Bonchev–Trinajstić information content (AvgIpc) is 2.71. The lowest BCUT2D eigenvalue weighted by Gasteiger charge is -1.98. The fourth-order valence-electron chi connectivity index (χ4n) is 1.38. The largest absolute Gasteiger partial charge is 0.375 e. The zero-order chi connectivity index (χ0) is 13.1. The van der Waals surface area contributed by atoms with Crippen molar-refractivity contribution >= 4 is 33.9 Å². The zero-order valence-corrected chi connectivity index (χ0v) is 10.5. The van der Waals surface area contributed by atoms with Gasteiger partial charge < -0.3 is 5.73 Å². The number of nitro benzene ring substituents is 1. The predicted molar refractivity (Wildman–Crippen MR) is 70.1 cm³/mol. The zero-order valence-electron chi connectivity index (χ0n) is 8.86. The number of thiazole rings is 1. The first-order valence-electron chi connectivity index (χ1n) is 4.69. The van der Waals surface area contributed by atoms with E-state index in [1.165, 1.54) is 23.5 Å². The van der Waals surface area contributed by atoms with Crippen molar-refractivity contribution < 1.29 is 4.92 Å². The van der Waals surface area contributed by atoms with Gasteiger partial charge in [0, 0.05) is 29.5 Å². The van der Waals surface area contributed by atoms with Crippen LogP contribution in [0, 0.1) is 20.8 Å². The highest BCUT2D eigenvalue weighted by molar-refractivity contribution is 8.05. The normalized spacial score (nSPS) is 9.94. The van der Waals surface area contributed by atoms with Crippen LogP contribution in [0.3, 0.4) is 0 Å². The van der Waals surface area contributed by atoms with Crippen LogP contribution in [-0.4, -0.2) is 9.91 Å². The summed E-state index contributed by atoms with van der Waals surface area (Å²) >= 11 is 2.13. The number of rotatable bonds is 3. The molecule has 0 spiro atoms. The molecule has 0 radical (unpaired) electrons. The van der Waals surface area contributed by atoms with E-state index >= 15 is 0 Å². The van der Waals surface area contributed by atoms with Gasteiger partial charge in [-0.05, 0) is 0 Å². The Balaban J connectivity index is 2.51. The molecule has 8 heteroatoms. The minimum atomic E-state index is -0.476. The lowest BCUT2D eigenvalue weighted by molar-refractivity contribution is -0.384. The highest BCUT2D eigenvalue weighted by atomic mass is 32.2. The highest BCUT2D eigenvalue weighted by Gasteiger charge is 2.15. The molecule has 90 valence electrons. The summed E-state index contributed by atoms with van der Waals surface area (Å²) in [7, 11) is 0. The Labute approximate surface area is 110 Å². The predicted octanol–water partition coefficient (Wildman–Crippen LogP) is 2.87. The summed E-state index contributed by atoms with van der Waals surface area (Å²) in [5.74, 6) is 0. The minimum Gasteiger partial charge on any atom is -0.375 e. The van der Waals surface area contributed by atoms with Crippen LogP contribution in [-0.2, 0) is 0 Å². The van der Waals surface area contributed by atoms with Crippen LogP contribution in [0.1, 0.15) is 0 Å². The lowest BCUT2D eigenvalue weighted by Crippen LogP contribution is -1.89. The Kier molecular flexibility index (Phi) is 3.45. The third kappa shape index (κ3) is 2.42. The first-order chi connectivity index (χ1) is 8.61. The summed E-state index contributed by atoms with van der Waals surface area (Å²) in [5, 5.41) is 21.7. The smallest absolute Gasteiger partial charge is 0.270 e. The molecule has 0 saturated heterocycles.